The van der Waals surface area contributed by atoms with E-state index in [-0.39, 0.29) is 5.90 Å². The molecule has 1 aromatic rings. The van der Waals surface area contributed by atoms with Gasteiger partial charge in [0, 0.05) is 0 Å². The first-order chi connectivity index (χ1) is 8.08. The lowest BCUT2D eigenvalue weighted by Crippen LogP contribution is -2.33. The average molecular weight is 255 g/mol. The molecule has 0 bridgehead atoms. The van der Waals surface area contributed by atoms with Crippen molar-refractivity contribution >= 4 is 29.1 Å². The first kappa shape index (κ1) is 11.7. The summed E-state index contributed by atoms with van der Waals surface area (Å²) in [5.74, 6) is -0.683. The topological polar surface area (TPSA) is 80.0 Å². The molecule has 0 aliphatic carbocycles. The summed E-state index contributed by atoms with van der Waals surface area (Å²) in [5, 5.41) is 4.28. The number of nitrogens with one attached hydrogen (secondary N) is 1. The number of hydrazone groups is 1. The van der Waals surface area contributed by atoms with Crippen LogP contribution in [-0.4, -0.2) is 17.2 Å². The Bertz CT molecular complexity index is 460. The third-order valence-corrected chi connectivity index (χ3v) is 2.58. The summed E-state index contributed by atoms with van der Waals surface area (Å²) in [5.41, 5.74) is 9.45. The molecule has 1 aromatic carbocycles. The molecule has 17 heavy (non-hydrogen) atoms. The first-order valence-electron chi connectivity index (χ1n) is 4.89. The summed E-state index contributed by atoms with van der Waals surface area (Å²) in [7, 11) is 0. The van der Waals surface area contributed by atoms with E-state index >= 15 is 0 Å². The summed E-state index contributed by atoms with van der Waals surface area (Å²) in [6.07, 6.45) is 0. The molecule has 1 aliphatic heterocycles. The number of carbonyl (C=O) groups excluding carboxylic acids is 1. The lowest BCUT2D eigenvalue weighted by atomic mass is 10.2. The molecule has 0 saturated heterocycles. The zero-order valence-corrected chi connectivity index (χ0v) is 9.81. The number of hydrazine groups is 1. The lowest BCUT2D eigenvalue weighted by Gasteiger charge is -2.10. The number of primary amides is 1. The number of nitrogens with two attached hydrogens (primary N) is 1. The van der Waals surface area contributed by atoms with Crippen LogP contribution < -0.4 is 16.4 Å². The van der Waals surface area contributed by atoms with Crippen LogP contribution in [-0.2, 0) is 9.63 Å². The largest absolute Gasteiger partial charge is 0.368 e. The highest BCUT2D eigenvalue weighted by molar-refractivity contribution is 6.41. The first-order valence-corrected chi connectivity index (χ1v) is 5.33. The van der Waals surface area contributed by atoms with Gasteiger partial charge < -0.3 is 10.6 Å². The highest BCUT2D eigenvalue weighted by Gasteiger charge is 2.27. The van der Waals surface area contributed by atoms with Crippen LogP contribution in [0, 0.1) is 6.92 Å². The van der Waals surface area contributed by atoms with E-state index in [0.29, 0.717) is 0 Å². The van der Waals surface area contributed by atoms with Crippen molar-refractivity contribution in [1.82, 2.24) is 5.59 Å². The number of hydrogen-bond donors (Lipinski definition) is 2. The Morgan fingerprint density at radius 1 is 1.53 bits per heavy atom. The van der Waals surface area contributed by atoms with Crippen molar-refractivity contribution < 1.29 is 9.63 Å². The van der Waals surface area contributed by atoms with Gasteiger partial charge in [0.05, 0.1) is 5.69 Å². The Morgan fingerprint density at radius 3 is 2.76 bits per heavy atom. The SMILES string of the molecule is Cc1ccc(N2N=C(C(Cl)C(N)=O)ON2)cc1. The number of nitrogens with zero attached hydrogens (tertiary/aromatic N) is 2. The molecule has 1 aliphatic rings. The van der Waals surface area contributed by atoms with E-state index in [1.807, 2.05) is 31.2 Å². The van der Waals surface area contributed by atoms with E-state index in [1.54, 1.807) is 0 Å². The number of hydrogen-bond acceptors (Lipinski definition) is 5. The number of anilines is 1. The standard InChI is InChI=1S/C10H11ClN4O2/c1-6-2-4-7(5-3-6)15-13-10(17-14-15)8(11)9(12)16/h2-5,8,14H,1H3,(H2,12,16). The predicted molar refractivity (Wildman–Crippen MR) is 64.1 cm³/mol. The maximum Gasteiger partial charge on any atom is 0.262 e. The van der Waals surface area contributed by atoms with Crippen molar-refractivity contribution in [3.8, 4) is 0 Å². The van der Waals surface area contributed by atoms with Gasteiger partial charge in [0.25, 0.3) is 5.90 Å². The Labute approximate surface area is 103 Å². The molecule has 2 rings (SSSR count). The van der Waals surface area contributed by atoms with Crippen LogP contribution in [0.1, 0.15) is 5.56 Å². The maximum atomic E-state index is 10.9. The third-order valence-electron chi connectivity index (χ3n) is 2.18. The van der Waals surface area contributed by atoms with E-state index in [1.165, 1.54) is 5.12 Å². The number of carbonyl (C=O) groups is 1. The van der Waals surface area contributed by atoms with Gasteiger partial charge in [0.2, 0.25) is 5.91 Å². The van der Waals surface area contributed by atoms with Gasteiger partial charge in [-0.25, -0.2) is 0 Å². The molecule has 0 spiro atoms. The molecule has 0 fully saturated rings. The van der Waals surface area contributed by atoms with Crippen LogP contribution in [0.3, 0.4) is 0 Å². The second kappa shape index (κ2) is 4.60. The lowest BCUT2D eigenvalue weighted by molar-refractivity contribution is -0.116. The van der Waals surface area contributed by atoms with Crippen molar-refractivity contribution in [2.75, 3.05) is 5.12 Å². The smallest absolute Gasteiger partial charge is 0.262 e. The van der Waals surface area contributed by atoms with Crippen LogP contribution in [0.15, 0.2) is 29.4 Å². The van der Waals surface area contributed by atoms with E-state index < -0.39 is 11.3 Å². The van der Waals surface area contributed by atoms with Gasteiger partial charge >= 0.3 is 0 Å². The molecule has 1 unspecified atom stereocenters. The van der Waals surface area contributed by atoms with Crippen molar-refractivity contribution in [1.29, 1.82) is 0 Å². The number of halogens is 1. The number of alkyl halides is 1. The normalized spacial score (nSPS) is 16.4. The van der Waals surface area contributed by atoms with Crippen molar-refractivity contribution in [3.05, 3.63) is 29.8 Å². The monoisotopic (exact) mass is 254 g/mol. The van der Waals surface area contributed by atoms with Gasteiger partial charge in [-0.1, -0.05) is 17.7 Å². The molecular formula is C10H11ClN4O2. The Balaban J connectivity index is 2.15. The van der Waals surface area contributed by atoms with Crippen LogP contribution in [0.25, 0.3) is 0 Å². The number of benzene rings is 1. The number of rotatable bonds is 3. The molecule has 3 N–H and O–H groups in total. The van der Waals surface area contributed by atoms with Crippen LogP contribution in [0.5, 0.6) is 0 Å². The van der Waals surface area contributed by atoms with Crippen LogP contribution in [0.2, 0.25) is 0 Å². The third kappa shape index (κ3) is 2.48. The highest BCUT2D eigenvalue weighted by Crippen LogP contribution is 2.17. The van der Waals surface area contributed by atoms with Gasteiger partial charge in [0.15, 0.2) is 5.38 Å². The summed E-state index contributed by atoms with van der Waals surface area (Å²) in [4.78, 5) is 15.8. The molecular weight excluding hydrogens is 244 g/mol. The maximum absolute atomic E-state index is 10.9. The fourth-order valence-electron chi connectivity index (χ4n) is 1.25. The Kier molecular flexibility index (Phi) is 3.16. The zero-order valence-electron chi connectivity index (χ0n) is 9.05. The van der Waals surface area contributed by atoms with Gasteiger partial charge in [-0.15, -0.1) is 16.7 Å². The second-order valence-electron chi connectivity index (χ2n) is 3.54. The molecule has 0 saturated carbocycles. The molecule has 0 aromatic heterocycles. The quantitative estimate of drug-likeness (QED) is 0.777. The minimum absolute atomic E-state index is 0.0275. The van der Waals surface area contributed by atoms with Gasteiger partial charge in [0.1, 0.15) is 0 Å². The molecule has 7 heteroatoms. The molecule has 1 heterocycles. The van der Waals surface area contributed by atoms with E-state index in [4.69, 9.17) is 22.2 Å². The average Bonchev–Trinajstić information content (AvgIpc) is 2.78. The van der Waals surface area contributed by atoms with Crippen molar-refractivity contribution in [2.24, 2.45) is 10.8 Å². The van der Waals surface area contributed by atoms with E-state index in [2.05, 4.69) is 10.7 Å². The molecule has 0 radical (unpaired) electrons. The van der Waals surface area contributed by atoms with Crippen molar-refractivity contribution in [2.45, 2.75) is 12.3 Å². The van der Waals surface area contributed by atoms with Crippen molar-refractivity contribution in [3.63, 3.8) is 0 Å². The van der Waals surface area contributed by atoms with Crippen LogP contribution in [0.4, 0.5) is 5.69 Å². The van der Waals surface area contributed by atoms with E-state index in [0.717, 1.165) is 11.3 Å². The minimum atomic E-state index is -1.09. The number of amides is 1. The summed E-state index contributed by atoms with van der Waals surface area (Å²) in [6, 6.07) is 7.56. The predicted octanol–water partition coefficient (Wildman–Crippen LogP) is 0.657. The molecule has 1 atom stereocenters. The minimum Gasteiger partial charge on any atom is -0.368 e. The fraction of sp³-hybridized carbons (Fsp3) is 0.200. The molecule has 6 nitrogen and oxygen atoms in total. The Morgan fingerprint density at radius 2 is 2.18 bits per heavy atom. The molecule has 90 valence electrons. The summed E-state index contributed by atoms with van der Waals surface area (Å²) < 4.78 is 0. The zero-order chi connectivity index (χ0) is 12.4. The van der Waals surface area contributed by atoms with E-state index in [9.17, 15) is 4.79 Å². The number of aryl methyl sites for hydroxylation is 1. The van der Waals surface area contributed by atoms with Gasteiger partial charge in [-0.05, 0) is 24.6 Å². The Hall–Kier alpha value is -1.79. The van der Waals surface area contributed by atoms with Crippen LogP contribution >= 0.6 is 11.6 Å². The fourth-order valence-corrected chi connectivity index (χ4v) is 1.34. The molecule has 1 amide bonds. The van der Waals surface area contributed by atoms with Gasteiger partial charge in [-0.3, -0.25) is 4.79 Å². The van der Waals surface area contributed by atoms with Gasteiger partial charge in [-0.2, -0.15) is 5.12 Å². The highest BCUT2D eigenvalue weighted by atomic mass is 35.5. The summed E-state index contributed by atoms with van der Waals surface area (Å²) in [6.45, 7) is 1.98. The summed E-state index contributed by atoms with van der Waals surface area (Å²) >= 11 is 5.70. The second-order valence-corrected chi connectivity index (χ2v) is 3.98.